The van der Waals surface area contributed by atoms with Gasteiger partial charge in [0.1, 0.15) is 5.75 Å². The fourth-order valence-electron chi connectivity index (χ4n) is 2.88. The second-order valence-corrected chi connectivity index (χ2v) is 6.47. The van der Waals surface area contributed by atoms with Gasteiger partial charge in [-0.15, -0.1) is 0 Å². The van der Waals surface area contributed by atoms with E-state index in [-0.39, 0.29) is 18.7 Å². The standard InChI is InChI=1S/C17H23ClN2O5/c1-24-14-3-2-12(18)10-13(14)19-7-4-15(21)20-17(11-16(22)23)5-8-25-9-6-17/h2-3,10,19H,4-9,11H2,1H3,(H,20,21)(H,22,23). The van der Waals surface area contributed by atoms with Gasteiger partial charge in [0, 0.05) is 31.2 Å². The van der Waals surface area contributed by atoms with Crippen LogP contribution < -0.4 is 15.4 Å². The second kappa shape index (κ2) is 8.92. The van der Waals surface area contributed by atoms with Crippen LogP contribution in [-0.4, -0.2) is 49.4 Å². The molecule has 0 saturated carbocycles. The predicted octanol–water partition coefficient (Wildman–Crippen LogP) is 2.29. The van der Waals surface area contributed by atoms with E-state index in [1.165, 1.54) is 0 Å². The van der Waals surface area contributed by atoms with Crippen molar-refractivity contribution in [2.45, 2.75) is 31.2 Å². The highest BCUT2D eigenvalue weighted by molar-refractivity contribution is 6.30. The summed E-state index contributed by atoms with van der Waals surface area (Å²) in [5, 5.41) is 15.7. The molecule has 138 valence electrons. The Morgan fingerprint density at radius 3 is 2.72 bits per heavy atom. The summed E-state index contributed by atoms with van der Waals surface area (Å²) in [6.07, 6.45) is 1.11. The van der Waals surface area contributed by atoms with E-state index in [9.17, 15) is 9.59 Å². The van der Waals surface area contributed by atoms with Gasteiger partial charge in [0.2, 0.25) is 5.91 Å². The van der Waals surface area contributed by atoms with Crippen molar-refractivity contribution in [3.05, 3.63) is 23.2 Å². The topological polar surface area (TPSA) is 96.9 Å². The van der Waals surface area contributed by atoms with Crippen LogP contribution in [0.2, 0.25) is 5.02 Å². The minimum absolute atomic E-state index is 0.0996. The zero-order valence-electron chi connectivity index (χ0n) is 14.1. The average Bonchev–Trinajstić information content (AvgIpc) is 2.55. The highest BCUT2D eigenvalue weighted by Crippen LogP contribution is 2.28. The van der Waals surface area contributed by atoms with Gasteiger partial charge in [-0.25, -0.2) is 0 Å². The Morgan fingerprint density at radius 2 is 2.08 bits per heavy atom. The van der Waals surface area contributed by atoms with Gasteiger partial charge in [0.05, 0.1) is 24.8 Å². The molecule has 0 unspecified atom stereocenters. The van der Waals surface area contributed by atoms with Crippen LogP contribution in [0.1, 0.15) is 25.7 Å². The number of carboxylic acids is 1. The molecule has 25 heavy (non-hydrogen) atoms. The van der Waals surface area contributed by atoms with Crippen LogP contribution in [0, 0.1) is 0 Å². The Morgan fingerprint density at radius 1 is 1.36 bits per heavy atom. The number of carbonyl (C=O) groups excluding carboxylic acids is 1. The monoisotopic (exact) mass is 370 g/mol. The van der Waals surface area contributed by atoms with Crippen LogP contribution in [-0.2, 0) is 14.3 Å². The molecule has 1 heterocycles. The molecular formula is C17H23ClN2O5. The Kier molecular flexibility index (Phi) is 6.90. The van der Waals surface area contributed by atoms with E-state index in [2.05, 4.69) is 10.6 Å². The maximum Gasteiger partial charge on any atom is 0.305 e. The lowest BCUT2D eigenvalue weighted by Gasteiger charge is -2.36. The van der Waals surface area contributed by atoms with Crippen LogP contribution in [0.15, 0.2) is 18.2 Å². The summed E-state index contributed by atoms with van der Waals surface area (Å²) in [6.45, 7) is 1.28. The molecule has 1 saturated heterocycles. The van der Waals surface area contributed by atoms with Gasteiger partial charge in [-0.2, -0.15) is 0 Å². The van der Waals surface area contributed by atoms with E-state index in [1.54, 1.807) is 25.3 Å². The molecule has 0 spiro atoms. The number of carboxylic acid groups (broad SMARTS) is 1. The van der Waals surface area contributed by atoms with Crippen LogP contribution in [0.25, 0.3) is 0 Å². The molecule has 0 aromatic heterocycles. The number of hydrogen-bond donors (Lipinski definition) is 3. The van der Waals surface area contributed by atoms with Crippen LogP contribution in [0.4, 0.5) is 5.69 Å². The van der Waals surface area contributed by atoms with Gasteiger partial charge in [-0.05, 0) is 31.0 Å². The Hall–Kier alpha value is -1.99. The minimum atomic E-state index is -0.927. The lowest BCUT2D eigenvalue weighted by molar-refractivity contribution is -0.140. The number of halogens is 1. The molecule has 1 fully saturated rings. The van der Waals surface area contributed by atoms with Crippen molar-refractivity contribution in [1.29, 1.82) is 0 Å². The molecule has 1 amide bonds. The number of carbonyl (C=O) groups is 2. The smallest absolute Gasteiger partial charge is 0.305 e. The van der Waals surface area contributed by atoms with Crippen molar-refractivity contribution in [2.75, 3.05) is 32.2 Å². The molecule has 0 atom stereocenters. The average molecular weight is 371 g/mol. The summed E-state index contributed by atoms with van der Waals surface area (Å²) < 4.78 is 10.5. The minimum Gasteiger partial charge on any atom is -0.495 e. The summed E-state index contributed by atoms with van der Waals surface area (Å²) in [5.41, 5.74) is -0.0244. The molecule has 3 N–H and O–H groups in total. The van der Waals surface area contributed by atoms with Crippen LogP contribution >= 0.6 is 11.6 Å². The van der Waals surface area contributed by atoms with Gasteiger partial charge in [0.25, 0.3) is 0 Å². The molecule has 1 aromatic rings. The molecule has 7 nitrogen and oxygen atoms in total. The van der Waals surface area contributed by atoms with Crippen molar-refractivity contribution in [3.8, 4) is 5.75 Å². The van der Waals surface area contributed by atoms with E-state index in [0.717, 1.165) is 0 Å². The van der Waals surface area contributed by atoms with Crippen molar-refractivity contribution >= 4 is 29.2 Å². The summed E-state index contributed by atoms with van der Waals surface area (Å²) in [7, 11) is 1.56. The molecular weight excluding hydrogens is 348 g/mol. The number of nitrogens with one attached hydrogen (secondary N) is 2. The first-order valence-corrected chi connectivity index (χ1v) is 8.50. The second-order valence-electron chi connectivity index (χ2n) is 6.03. The zero-order valence-corrected chi connectivity index (χ0v) is 14.9. The molecule has 0 aliphatic carbocycles. The number of ether oxygens (including phenoxy) is 2. The fourth-order valence-corrected chi connectivity index (χ4v) is 3.06. The third-order valence-electron chi connectivity index (χ3n) is 4.17. The number of amides is 1. The quantitative estimate of drug-likeness (QED) is 0.649. The molecule has 1 aliphatic heterocycles. The number of hydrogen-bond acceptors (Lipinski definition) is 5. The molecule has 1 aromatic carbocycles. The number of methoxy groups -OCH3 is 1. The predicted molar refractivity (Wildman–Crippen MR) is 94.3 cm³/mol. The van der Waals surface area contributed by atoms with Gasteiger partial charge < -0.3 is 25.2 Å². The Labute approximate surface area is 151 Å². The van der Waals surface area contributed by atoms with Crippen molar-refractivity contribution < 1.29 is 24.2 Å². The molecule has 0 radical (unpaired) electrons. The zero-order chi connectivity index (χ0) is 18.3. The highest BCUT2D eigenvalue weighted by atomic mass is 35.5. The summed E-state index contributed by atoms with van der Waals surface area (Å²) in [6, 6.07) is 5.19. The van der Waals surface area contributed by atoms with Gasteiger partial charge in [0.15, 0.2) is 0 Å². The van der Waals surface area contributed by atoms with Crippen LogP contribution in [0.5, 0.6) is 5.75 Å². The third-order valence-corrected chi connectivity index (χ3v) is 4.41. The van der Waals surface area contributed by atoms with E-state index < -0.39 is 11.5 Å². The maximum atomic E-state index is 12.3. The molecule has 8 heteroatoms. The lowest BCUT2D eigenvalue weighted by Crippen LogP contribution is -2.53. The number of aliphatic carboxylic acids is 1. The van der Waals surface area contributed by atoms with E-state index in [1.807, 2.05) is 0 Å². The van der Waals surface area contributed by atoms with E-state index in [0.29, 0.717) is 49.1 Å². The number of benzene rings is 1. The highest BCUT2D eigenvalue weighted by Gasteiger charge is 2.36. The summed E-state index contributed by atoms with van der Waals surface area (Å²) >= 11 is 5.97. The molecule has 0 bridgehead atoms. The van der Waals surface area contributed by atoms with Gasteiger partial charge >= 0.3 is 5.97 Å². The first-order chi connectivity index (χ1) is 11.9. The third kappa shape index (κ3) is 5.79. The largest absolute Gasteiger partial charge is 0.495 e. The number of rotatable bonds is 8. The first-order valence-electron chi connectivity index (χ1n) is 8.12. The normalized spacial score (nSPS) is 16.1. The van der Waals surface area contributed by atoms with E-state index >= 15 is 0 Å². The Balaban J connectivity index is 1.89. The Bertz CT molecular complexity index is 617. The van der Waals surface area contributed by atoms with Crippen molar-refractivity contribution in [1.82, 2.24) is 5.32 Å². The van der Waals surface area contributed by atoms with E-state index in [4.69, 9.17) is 26.2 Å². The summed E-state index contributed by atoms with van der Waals surface area (Å²) in [4.78, 5) is 23.4. The maximum absolute atomic E-state index is 12.3. The lowest BCUT2D eigenvalue weighted by atomic mass is 9.86. The number of anilines is 1. The first kappa shape index (κ1) is 19.3. The van der Waals surface area contributed by atoms with Gasteiger partial charge in [-0.3, -0.25) is 9.59 Å². The van der Waals surface area contributed by atoms with Crippen LogP contribution in [0.3, 0.4) is 0 Å². The fraction of sp³-hybridized carbons (Fsp3) is 0.529. The SMILES string of the molecule is COc1ccc(Cl)cc1NCCC(=O)NC1(CC(=O)O)CCOCC1. The molecule has 1 aliphatic rings. The van der Waals surface area contributed by atoms with Crippen molar-refractivity contribution in [2.24, 2.45) is 0 Å². The van der Waals surface area contributed by atoms with Crippen molar-refractivity contribution in [3.63, 3.8) is 0 Å². The molecule has 2 rings (SSSR count). The summed E-state index contributed by atoms with van der Waals surface area (Å²) in [5.74, 6) is -0.489. The van der Waals surface area contributed by atoms with Gasteiger partial charge in [-0.1, -0.05) is 11.6 Å².